The lowest BCUT2D eigenvalue weighted by molar-refractivity contribution is 0.0628. The minimum Gasteiger partial charge on any atom is -0.338 e. The van der Waals surface area contributed by atoms with Gasteiger partial charge in [-0.25, -0.2) is 9.79 Å². The van der Waals surface area contributed by atoms with Gasteiger partial charge >= 0.3 is 6.03 Å². The lowest BCUT2D eigenvalue weighted by atomic mass is 10.1. The van der Waals surface area contributed by atoms with Crippen molar-refractivity contribution in [1.82, 2.24) is 15.1 Å². The Labute approximate surface area is 217 Å². The summed E-state index contributed by atoms with van der Waals surface area (Å²) in [5.74, 6) is -0.0172. The average molecular weight is 512 g/mol. The normalized spacial score (nSPS) is 13.9. The molecule has 192 valence electrons. The summed E-state index contributed by atoms with van der Waals surface area (Å²) in [6.07, 6.45) is 0. The number of hydrogen-bond donors (Lipinski definition) is 2. The number of amides is 4. The van der Waals surface area contributed by atoms with E-state index >= 15 is 0 Å². The number of aliphatic imine (C=N–C) groups is 1. The van der Waals surface area contributed by atoms with Crippen molar-refractivity contribution < 1.29 is 14.4 Å². The second-order valence-electron chi connectivity index (χ2n) is 9.56. The van der Waals surface area contributed by atoms with Crippen molar-refractivity contribution >= 4 is 40.8 Å². The van der Waals surface area contributed by atoms with E-state index in [-0.39, 0.29) is 17.8 Å². The zero-order valence-corrected chi connectivity index (χ0v) is 22.1. The molecule has 4 amide bonds. The van der Waals surface area contributed by atoms with E-state index in [0.717, 1.165) is 11.3 Å². The van der Waals surface area contributed by atoms with Gasteiger partial charge in [-0.3, -0.25) is 14.5 Å². The van der Waals surface area contributed by atoms with Crippen LogP contribution in [0.4, 0.5) is 10.5 Å². The van der Waals surface area contributed by atoms with Crippen LogP contribution in [0.1, 0.15) is 54.0 Å². The quantitative estimate of drug-likeness (QED) is 0.527. The van der Waals surface area contributed by atoms with Gasteiger partial charge < -0.3 is 15.5 Å². The molecule has 9 heteroatoms. The second-order valence-corrected chi connectivity index (χ2v) is 9.96. The third kappa shape index (κ3) is 7.90. The van der Waals surface area contributed by atoms with Crippen molar-refractivity contribution in [2.45, 2.75) is 34.2 Å². The third-order valence-electron chi connectivity index (χ3n) is 5.69. The van der Waals surface area contributed by atoms with Gasteiger partial charge in [0.2, 0.25) is 0 Å². The van der Waals surface area contributed by atoms with E-state index < -0.39 is 0 Å². The first-order chi connectivity index (χ1) is 17.1. The molecule has 0 saturated carbocycles. The highest BCUT2D eigenvalue weighted by Crippen LogP contribution is 2.23. The van der Waals surface area contributed by atoms with Crippen LogP contribution in [0.15, 0.2) is 47.5 Å². The lowest BCUT2D eigenvalue weighted by Gasteiger charge is -2.35. The molecule has 1 saturated heterocycles. The molecule has 36 heavy (non-hydrogen) atoms. The number of nitrogens with zero attached hydrogens (tertiary/aromatic N) is 3. The lowest BCUT2D eigenvalue weighted by Crippen LogP contribution is -2.48. The molecule has 1 aliphatic rings. The smallest absolute Gasteiger partial charge is 0.319 e. The summed E-state index contributed by atoms with van der Waals surface area (Å²) in [5, 5.41) is 5.82. The molecular weight excluding hydrogens is 478 g/mol. The number of rotatable bonds is 7. The van der Waals surface area contributed by atoms with Crippen molar-refractivity contribution in [2.75, 3.05) is 38.0 Å². The molecule has 0 atom stereocenters. The Kier molecular flexibility index (Phi) is 9.61. The fraction of sp³-hybridized carbons (Fsp3) is 0.407. The molecular formula is C27H34ClN5O3. The zero-order chi connectivity index (χ0) is 26.2. The van der Waals surface area contributed by atoms with Crippen LogP contribution in [-0.4, -0.2) is 66.1 Å². The molecule has 2 N–H and O–H groups in total. The van der Waals surface area contributed by atoms with Crippen LogP contribution in [0.5, 0.6) is 0 Å². The molecule has 1 fully saturated rings. The molecule has 8 nitrogen and oxygen atoms in total. The average Bonchev–Trinajstić information content (AvgIpc) is 2.83. The van der Waals surface area contributed by atoms with Gasteiger partial charge in [-0.1, -0.05) is 37.6 Å². The highest BCUT2D eigenvalue weighted by Gasteiger charge is 2.24. The molecule has 0 aromatic heterocycles. The van der Waals surface area contributed by atoms with Gasteiger partial charge in [0.05, 0.1) is 10.6 Å². The van der Waals surface area contributed by atoms with E-state index in [4.69, 9.17) is 11.6 Å². The monoisotopic (exact) mass is 511 g/mol. The summed E-state index contributed by atoms with van der Waals surface area (Å²) in [5.41, 5.74) is 3.28. The Morgan fingerprint density at radius 1 is 1.03 bits per heavy atom. The molecule has 0 aliphatic carbocycles. The van der Waals surface area contributed by atoms with Crippen LogP contribution in [0, 0.1) is 5.92 Å². The van der Waals surface area contributed by atoms with E-state index in [9.17, 15) is 14.4 Å². The number of carbonyl (C=O) groups excluding carboxylic acids is 3. The molecule has 0 unspecified atom stereocenters. The molecule has 1 heterocycles. The Bertz CT molecular complexity index is 1140. The maximum absolute atomic E-state index is 13.1. The maximum Gasteiger partial charge on any atom is 0.319 e. The summed E-state index contributed by atoms with van der Waals surface area (Å²) in [6, 6.07) is 12.1. The fourth-order valence-electron chi connectivity index (χ4n) is 3.85. The first kappa shape index (κ1) is 27.4. The Morgan fingerprint density at radius 3 is 2.39 bits per heavy atom. The van der Waals surface area contributed by atoms with E-state index in [2.05, 4.69) is 20.5 Å². The van der Waals surface area contributed by atoms with Crippen LogP contribution < -0.4 is 10.6 Å². The Morgan fingerprint density at radius 2 is 1.75 bits per heavy atom. The number of piperazine rings is 1. The van der Waals surface area contributed by atoms with Crippen LogP contribution in [0.3, 0.4) is 0 Å². The van der Waals surface area contributed by atoms with Crippen molar-refractivity contribution in [3.8, 4) is 0 Å². The van der Waals surface area contributed by atoms with E-state index in [1.54, 1.807) is 43.0 Å². The molecule has 2 aromatic carbocycles. The largest absolute Gasteiger partial charge is 0.338 e. The number of nitrogens with one attached hydrogen (secondary N) is 2. The van der Waals surface area contributed by atoms with Gasteiger partial charge in [-0.2, -0.15) is 0 Å². The van der Waals surface area contributed by atoms with Crippen LogP contribution in [0.25, 0.3) is 0 Å². The maximum atomic E-state index is 13.1. The predicted octanol–water partition coefficient (Wildman–Crippen LogP) is 4.70. The zero-order valence-electron chi connectivity index (χ0n) is 21.3. The van der Waals surface area contributed by atoms with Crippen LogP contribution in [-0.2, 0) is 6.54 Å². The van der Waals surface area contributed by atoms with Crippen LogP contribution in [0.2, 0.25) is 5.02 Å². The molecule has 3 rings (SSSR count). The second kappa shape index (κ2) is 12.6. The molecule has 1 aliphatic heterocycles. The van der Waals surface area contributed by atoms with Gasteiger partial charge in [0, 0.05) is 56.2 Å². The number of carbonyl (C=O) groups is 3. The highest BCUT2D eigenvalue weighted by molar-refractivity contribution is 6.34. The summed E-state index contributed by atoms with van der Waals surface area (Å²) >= 11 is 6.40. The van der Waals surface area contributed by atoms with Gasteiger partial charge in [-0.15, -0.1) is 0 Å². The summed E-state index contributed by atoms with van der Waals surface area (Å²) < 4.78 is 0. The van der Waals surface area contributed by atoms with Gasteiger partial charge in [0.1, 0.15) is 0 Å². The van der Waals surface area contributed by atoms with E-state index in [1.807, 2.05) is 32.0 Å². The highest BCUT2D eigenvalue weighted by atomic mass is 35.5. The first-order valence-electron chi connectivity index (χ1n) is 12.1. The number of urea groups is 1. The van der Waals surface area contributed by atoms with Gasteiger partial charge in [-0.05, 0) is 55.7 Å². The molecule has 0 spiro atoms. The number of hydrogen-bond acceptors (Lipinski definition) is 4. The summed E-state index contributed by atoms with van der Waals surface area (Å²) in [6.45, 7) is 11.5. The standard InChI is InChI=1S/C27H34ClN5O3/c1-18(2)16-29-27(36)31-22-8-9-23(24(28)15-22)26(35)33-12-10-32(11-13-33)17-20-6-5-7-21(14-20)25(34)30-19(3)4/h5-9,14-15,18H,10-13,16-17H2,1-4H3,(H2,29,31,36). The summed E-state index contributed by atoms with van der Waals surface area (Å²) in [7, 11) is 0. The molecule has 0 radical (unpaired) electrons. The van der Waals surface area contributed by atoms with E-state index in [1.165, 1.54) is 0 Å². The molecule has 0 bridgehead atoms. The van der Waals surface area contributed by atoms with Crippen molar-refractivity contribution in [2.24, 2.45) is 10.9 Å². The van der Waals surface area contributed by atoms with Gasteiger partial charge in [0.15, 0.2) is 0 Å². The third-order valence-corrected chi connectivity index (χ3v) is 6.01. The van der Waals surface area contributed by atoms with Crippen molar-refractivity contribution in [1.29, 1.82) is 0 Å². The van der Waals surface area contributed by atoms with Crippen molar-refractivity contribution in [3.63, 3.8) is 0 Å². The number of anilines is 1. The molecule has 2 aromatic rings. The number of benzene rings is 2. The minimum atomic E-state index is -0.307. The van der Waals surface area contributed by atoms with E-state index in [0.29, 0.717) is 67.0 Å². The number of halogens is 1. The topological polar surface area (TPSA) is 94.1 Å². The fourth-order valence-corrected chi connectivity index (χ4v) is 4.11. The SMILES string of the molecule is CC(C)=NC(=O)c1cccc(CN2CCN(C(=O)c3ccc(NC(=O)NCC(C)C)cc3Cl)CC2)c1. The van der Waals surface area contributed by atoms with Crippen LogP contribution >= 0.6 is 11.6 Å². The predicted molar refractivity (Wildman–Crippen MR) is 144 cm³/mol. The summed E-state index contributed by atoms with van der Waals surface area (Å²) in [4.78, 5) is 45.4. The Hall–Kier alpha value is -3.23. The van der Waals surface area contributed by atoms with Gasteiger partial charge in [0.25, 0.3) is 11.8 Å². The minimum absolute atomic E-state index is 0.129. The van der Waals surface area contributed by atoms with Crippen molar-refractivity contribution in [3.05, 3.63) is 64.2 Å². The Balaban J connectivity index is 1.54. The first-order valence-corrected chi connectivity index (χ1v) is 12.5.